The third kappa shape index (κ3) is 2.23. The fourth-order valence-electron chi connectivity index (χ4n) is 1.74. The molecule has 0 heterocycles. The summed E-state index contributed by atoms with van der Waals surface area (Å²) in [7, 11) is 0. The SMILES string of the molecule is O=C(c1ccccc1)c1cc(CO)c(O)c(O)c1O. The number of carbonyl (C=O) groups excluding carboxylic acids is 1. The van der Waals surface area contributed by atoms with Crippen molar-refractivity contribution in [2.24, 2.45) is 0 Å². The van der Waals surface area contributed by atoms with E-state index in [0.29, 0.717) is 5.56 Å². The van der Waals surface area contributed by atoms with Crippen LogP contribution in [-0.4, -0.2) is 26.2 Å². The minimum atomic E-state index is -0.814. The highest BCUT2D eigenvalue weighted by molar-refractivity contribution is 6.11. The number of hydrogen-bond acceptors (Lipinski definition) is 5. The van der Waals surface area contributed by atoms with Gasteiger partial charge in [-0.05, 0) is 6.07 Å². The number of benzene rings is 2. The number of aliphatic hydroxyl groups is 1. The largest absolute Gasteiger partial charge is 0.504 e. The first kappa shape index (κ1) is 12.9. The second-order valence-electron chi connectivity index (χ2n) is 3.98. The van der Waals surface area contributed by atoms with E-state index >= 15 is 0 Å². The molecule has 2 rings (SSSR count). The zero-order valence-electron chi connectivity index (χ0n) is 9.87. The number of rotatable bonds is 3. The molecule has 0 amide bonds. The van der Waals surface area contributed by atoms with Crippen LogP contribution >= 0.6 is 0 Å². The van der Waals surface area contributed by atoms with Gasteiger partial charge in [0.1, 0.15) is 0 Å². The Hall–Kier alpha value is -2.53. The van der Waals surface area contributed by atoms with Gasteiger partial charge in [-0.3, -0.25) is 4.79 Å². The average Bonchev–Trinajstić information content (AvgIpc) is 2.45. The van der Waals surface area contributed by atoms with Crippen molar-refractivity contribution in [3.63, 3.8) is 0 Å². The smallest absolute Gasteiger partial charge is 0.201 e. The van der Waals surface area contributed by atoms with Crippen LogP contribution in [0.25, 0.3) is 0 Å². The van der Waals surface area contributed by atoms with Gasteiger partial charge >= 0.3 is 0 Å². The Morgan fingerprint density at radius 2 is 1.58 bits per heavy atom. The van der Waals surface area contributed by atoms with Crippen molar-refractivity contribution >= 4 is 5.78 Å². The van der Waals surface area contributed by atoms with Gasteiger partial charge < -0.3 is 20.4 Å². The maximum atomic E-state index is 12.2. The van der Waals surface area contributed by atoms with Gasteiger partial charge in [0.25, 0.3) is 0 Å². The molecule has 0 atom stereocenters. The fourth-order valence-corrected chi connectivity index (χ4v) is 1.74. The van der Waals surface area contributed by atoms with E-state index in [-0.39, 0.29) is 11.1 Å². The molecule has 0 radical (unpaired) electrons. The van der Waals surface area contributed by atoms with E-state index in [1.807, 2.05) is 0 Å². The van der Waals surface area contributed by atoms with Crippen LogP contribution in [0.4, 0.5) is 0 Å². The molecular weight excluding hydrogens is 248 g/mol. The lowest BCUT2D eigenvalue weighted by Gasteiger charge is -2.10. The van der Waals surface area contributed by atoms with Gasteiger partial charge in [-0.2, -0.15) is 0 Å². The van der Waals surface area contributed by atoms with E-state index in [1.54, 1.807) is 30.3 Å². The maximum Gasteiger partial charge on any atom is 0.201 e. The van der Waals surface area contributed by atoms with Crippen LogP contribution < -0.4 is 0 Å². The molecule has 19 heavy (non-hydrogen) atoms. The number of hydrogen-bond donors (Lipinski definition) is 4. The molecule has 0 aliphatic carbocycles. The zero-order chi connectivity index (χ0) is 14.0. The Bertz CT molecular complexity index is 619. The monoisotopic (exact) mass is 260 g/mol. The number of phenolic OH excluding ortho intramolecular Hbond substituents is 2. The lowest BCUT2D eigenvalue weighted by Crippen LogP contribution is -2.03. The van der Waals surface area contributed by atoms with E-state index in [4.69, 9.17) is 5.11 Å². The Kier molecular flexibility index (Phi) is 3.39. The van der Waals surface area contributed by atoms with Crippen LogP contribution in [0.15, 0.2) is 36.4 Å². The molecule has 98 valence electrons. The third-order valence-electron chi connectivity index (χ3n) is 2.78. The molecule has 4 N–H and O–H groups in total. The summed E-state index contributed by atoms with van der Waals surface area (Å²) in [5.74, 6) is -2.66. The van der Waals surface area contributed by atoms with Crippen LogP contribution in [0.1, 0.15) is 21.5 Å². The van der Waals surface area contributed by atoms with E-state index in [0.717, 1.165) is 6.07 Å². The first-order valence-electron chi connectivity index (χ1n) is 5.53. The topological polar surface area (TPSA) is 98.0 Å². The Morgan fingerprint density at radius 1 is 0.947 bits per heavy atom. The van der Waals surface area contributed by atoms with Crippen molar-refractivity contribution in [1.29, 1.82) is 0 Å². The molecule has 0 saturated heterocycles. The van der Waals surface area contributed by atoms with Crippen molar-refractivity contribution in [2.45, 2.75) is 6.61 Å². The van der Waals surface area contributed by atoms with Crippen molar-refractivity contribution in [2.75, 3.05) is 0 Å². The molecule has 0 fully saturated rings. The summed E-state index contributed by atoms with van der Waals surface area (Å²) in [6.07, 6.45) is 0. The van der Waals surface area contributed by atoms with Gasteiger partial charge in [0.15, 0.2) is 17.3 Å². The van der Waals surface area contributed by atoms with Crippen molar-refractivity contribution in [1.82, 2.24) is 0 Å². The zero-order valence-corrected chi connectivity index (χ0v) is 9.87. The van der Waals surface area contributed by atoms with Gasteiger partial charge in [0, 0.05) is 11.1 Å². The van der Waals surface area contributed by atoms with Crippen LogP contribution in [0, 0.1) is 0 Å². The van der Waals surface area contributed by atoms with Gasteiger partial charge in [-0.15, -0.1) is 0 Å². The van der Waals surface area contributed by atoms with Crippen molar-refractivity contribution in [3.05, 3.63) is 53.1 Å². The quantitative estimate of drug-likeness (QED) is 0.495. The van der Waals surface area contributed by atoms with Crippen LogP contribution in [0.3, 0.4) is 0 Å². The minimum Gasteiger partial charge on any atom is -0.504 e. The summed E-state index contributed by atoms with van der Waals surface area (Å²) in [6, 6.07) is 9.34. The maximum absolute atomic E-state index is 12.2. The summed E-state index contributed by atoms with van der Waals surface area (Å²) in [5, 5.41) is 37.8. The lowest BCUT2D eigenvalue weighted by molar-refractivity contribution is 0.103. The first-order chi connectivity index (χ1) is 9.06. The van der Waals surface area contributed by atoms with Gasteiger partial charge in [0.05, 0.1) is 12.2 Å². The third-order valence-corrected chi connectivity index (χ3v) is 2.78. The molecule has 5 heteroatoms. The summed E-state index contributed by atoms with van der Waals surface area (Å²) in [4.78, 5) is 12.2. The van der Waals surface area contributed by atoms with Gasteiger partial charge in [-0.25, -0.2) is 0 Å². The first-order valence-corrected chi connectivity index (χ1v) is 5.53. The predicted molar refractivity (Wildman–Crippen MR) is 67.2 cm³/mol. The van der Waals surface area contributed by atoms with Gasteiger partial charge in [-0.1, -0.05) is 30.3 Å². The Morgan fingerprint density at radius 3 is 2.16 bits per heavy atom. The molecule has 2 aromatic rings. The fraction of sp³-hybridized carbons (Fsp3) is 0.0714. The number of aromatic hydroxyl groups is 3. The standard InChI is InChI=1S/C14H12O5/c15-7-9-6-10(13(18)14(19)12(9)17)11(16)8-4-2-1-3-5-8/h1-6,15,17-19H,7H2. The number of ketones is 1. The van der Waals surface area contributed by atoms with Crippen LogP contribution in [0.2, 0.25) is 0 Å². The van der Waals surface area contributed by atoms with Gasteiger partial charge in [0.2, 0.25) is 5.75 Å². The normalized spacial score (nSPS) is 10.4. The summed E-state index contributed by atoms with van der Waals surface area (Å²) >= 11 is 0. The molecule has 5 nitrogen and oxygen atoms in total. The molecule has 0 unspecified atom stereocenters. The Balaban J connectivity index is 2.57. The summed E-state index contributed by atoms with van der Waals surface area (Å²) in [6.45, 7) is -0.561. The molecular formula is C14H12O5. The Labute approximate surface area is 109 Å². The second kappa shape index (κ2) is 4.99. The predicted octanol–water partition coefficient (Wildman–Crippen LogP) is 1.53. The highest BCUT2D eigenvalue weighted by atomic mass is 16.3. The molecule has 0 aromatic heterocycles. The summed E-state index contributed by atoms with van der Waals surface area (Å²) < 4.78 is 0. The van der Waals surface area contributed by atoms with E-state index in [1.165, 1.54) is 0 Å². The number of aliphatic hydroxyl groups excluding tert-OH is 1. The lowest BCUT2D eigenvalue weighted by atomic mass is 9.99. The molecule has 2 aromatic carbocycles. The molecule has 0 bridgehead atoms. The number of phenols is 3. The number of carbonyl (C=O) groups is 1. The van der Waals surface area contributed by atoms with E-state index < -0.39 is 29.6 Å². The van der Waals surface area contributed by atoms with E-state index in [2.05, 4.69) is 0 Å². The second-order valence-corrected chi connectivity index (χ2v) is 3.98. The van der Waals surface area contributed by atoms with Crippen LogP contribution in [0.5, 0.6) is 17.2 Å². The highest BCUT2D eigenvalue weighted by Gasteiger charge is 2.21. The van der Waals surface area contributed by atoms with Crippen molar-refractivity contribution in [3.8, 4) is 17.2 Å². The molecule has 0 aliphatic heterocycles. The summed E-state index contributed by atoms with van der Waals surface area (Å²) in [5.41, 5.74) is 0.118. The molecule has 0 saturated carbocycles. The van der Waals surface area contributed by atoms with Crippen LogP contribution in [-0.2, 0) is 6.61 Å². The highest BCUT2D eigenvalue weighted by Crippen LogP contribution is 2.41. The molecule has 0 aliphatic rings. The van der Waals surface area contributed by atoms with Crippen molar-refractivity contribution < 1.29 is 25.2 Å². The average molecular weight is 260 g/mol. The molecule has 0 spiro atoms. The minimum absolute atomic E-state index is 0.0328. The van der Waals surface area contributed by atoms with E-state index in [9.17, 15) is 20.1 Å².